The van der Waals surface area contributed by atoms with Crippen molar-refractivity contribution in [2.45, 2.75) is 31.4 Å². The zero-order chi connectivity index (χ0) is 20.4. The van der Waals surface area contributed by atoms with Gasteiger partial charge >= 0.3 is 0 Å². The molecule has 0 saturated heterocycles. The highest BCUT2D eigenvalue weighted by Gasteiger charge is 2.49. The summed E-state index contributed by atoms with van der Waals surface area (Å²) in [7, 11) is 0. The lowest BCUT2D eigenvalue weighted by Crippen LogP contribution is -2.52. The highest BCUT2D eigenvalue weighted by molar-refractivity contribution is 5.59. The minimum atomic E-state index is -0.956. The van der Waals surface area contributed by atoms with Crippen LogP contribution in [0.4, 0.5) is 19.0 Å². The molecule has 0 unspecified atom stereocenters. The first-order valence-corrected chi connectivity index (χ1v) is 9.60. The number of rotatable bonds is 6. The largest absolute Gasteiger partial charge is 0.354 e. The molecule has 0 amide bonds. The topological polar surface area (TPSA) is 41.9 Å². The van der Waals surface area contributed by atoms with E-state index in [1.165, 1.54) is 24.3 Å². The van der Waals surface area contributed by atoms with Gasteiger partial charge in [-0.05, 0) is 68.3 Å². The molecule has 1 fully saturated rings. The van der Waals surface area contributed by atoms with E-state index in [0.29, 0.717) is 30.3 Å². The lowest BCUT2D eigenvalue weighted by Gasteiger charge is -2.46. The van der Waals surface area contributed by atoms with E-state index in [4.69, 9.17) is 0 Å². The molecule has 1 aliphatic rings. The summed E-state index contributed by atoms with van der Waals surface area (Å²) < 4.78 is 41.3. The van der Waals surface area contributed by atoms with Crippen LogP contribution in [0.25, 0.3) is 11.3 Å². The lowest BCUT2D eigenvalue weighted by molar-refractivity contribution is 0.0914. The molecule has 0 aliphatic heterocycles. The SMILES string of the molecule is CCN(CC1(c2ncccc2F)CC(F)C1)c1ccc(-c2ccc(F)cc2)nn1. The summed E-state index contributed by atoms with van der Waals surface area (Å²) in [5.74, 6) is -0.0983. The summed E-state index contributed by atoms with van der Waals surface area (Å²) in [4.78, 5) is 6.17. The maximum atomic E-state index is 14.4. The van der Waals surface area contributed by atoms with Crippen LogP contribution < -0.4 is 4.90 Å². The van der Waals surface area contributed by atoms with Crippen molar-refractivity contribution in [3.8, 4) is 11.3 Å². The Hall–Kier alpha value is -2.96. The number of likely N-dealkylation sites (N-methyl/N-ethyl adjacent to an activating group) is 1. The fraction of sp³-hybridized carbons (Fsp3) is 0.318. The van der Waals surface area contributed by atoms with Crippen molar-refractivity contribution in [2.75, 3.05) is 18.0 Å². The number of hydrogen-bond acceptors (Lipinski definition) is 4. The van der Waals surface area contributed by atoms with Gasteiger partial charge in [-0.1, -0.05) is 0 Å². The molecule has 0 spiro atoms. The Balaban J connectivity index is 1.58. The summed E-state index contributed by atoms with van der Waals surface area (Å²) in [6.07, 6.45) is 1.05. The molecule has 2 heterocycles. The summed E-state index contributed by atoms with van der Waals surface area (Å²) in [5.41, 5.74) is 1.02. The smallest absolute Gasteiger partial charge is 0.151 e. The molecule has 0 bridgehead atoms. The molecule has 29 heavy (non-hydrogen) atoms. The number of benzene rings is 1. The van der Waals surface area contributed by atoms with Gasteiger partial charge in [0.2, 0.25) is 0 Å². The first-order chi connectivity index (χ1) is 14.0. The quantitative estimate of drug-likeness (QED) is 0.603. The number of halogens is 3. The first kappa shape index (κ1) is 19.4. The van der Waals surface area contributed by atoms with Gasteiger partial charge in [-0.2, -0.15) is 0 Å². The van der Waals surface area contributed by atoms with Crippen LogP contribution in [0.1, 0.15) is 25.5 Å². The van der Waals surface area contributed by atoms with Crippen molar-refractivity contribution in [1.82, 2.24) is 15.2 Å². The van der Waals surface area contributed by atoms with Gasteiger partial charge in [-0.3, -0.25) is 4.98 Å². The highest BCUT2D eigenvalue weighted by Crippen LogP contribution is 2.46. The zero-order valence-electron chi connectivity index (χ0n) is 16.0. The molecule has 1 saturated carbocycles. The predicted molar refractivity (Wildman–Crippen MR) is 105 cm³/mol. The third-order valence-corrected chi connectivity index (χ3v) is 5.47. The number of alkyl halides is 1. The standard InChI is InChI=1S/C22H21F3N4/c1-2-29(14-22(12-17(24)13-22)21-18(25)4-3-11-26-21)20-10-9-19(27-28-20)15-5-7-16(23)8-6-15/h3-11,17H,2,12-14H2,1H3. The van der Waals surface area contributed by atoms with Gasteiger partial charge in [0.15, 0.2) is 5.82 Å². The van der Waals surface area contributed by atoms with Crippen molar-refractivity contribution in [3.63, 3.8) is 0 Å². The van der Waals surface area contributed by atoms with Gasteiger partial charge < -0.3 is 4.90 Å². The van der Waals surface area contributed by atoms with Crippen LogP contribution in [-0.2, 0) is 5.41 Å². The Morgan fingerprint density at radius 1 is 1.03 bits per heavy atom. The van der Waals surface area contributed by atoms with E-state index in [0.717, 1.165) is 5.56 Å². The van der Waals surface area contributed by atoms with Crippen LogP contribution >= 0.6 is 0 Å². The molecule has 1 aliphatic carbocycles. The van der Waals surface area contributed by atoms with Crippen LogP contribution in [-0.4, -0.2) is 34.4 Å². The Kier molecular flexibility index (Phi) is 5.22. The third kappa shape index (κ3) is 3.81. The summed E-state index contributed by atoms with van der Waals surface area (Å²) in [6, 6.07) is 12.6. The van der Waals surface area contributed by atoms with Crippen LogP contribution in [0.2, 0.25) is 0 Å². The van der Waals surface area contributed by atoms with Crippen LogP contribution in [0.15, 0.2) is 54.7 Å². The van der Waals surface area contributed by atoms with E-state index in [2.05, 4.69) is 15.2 Å². The maximum Gasteiger partial charge on any atom is 0.151 e. The molecule has 7 heteroatoms. The second-order valence-electron chi connectivity index (χ2n) is 7.42. The van der Waals surface area contributed by atoms with Crippen molar-refractivity contribution in [3.05, 3.63) is 72.1 Å². The highest BCUT2D eigenvalue weighted by atomic mass is 19.1. The second-order valence-corrected chi connectivity index (χ2v) is 7.42. The number of hydrogen-bond donors (Lipinski definition) is 0. The Morgan fingerprint density at radius 2 is 1.79 bits per heavy atom. The Bertz CT molecular complexity index is 970. The van der Waals surface area contributed by atoms with Gasteiger partial charge in [0.25, 0.3) is 0 Å². The molecular formula is C22H21F3N4. The normalized spacial score (nSPS) is 20.9. The Labute approximate surface area is 167 Å². The van der Waals surface area contributed by atoms with Crippen molar-refractivity contribution < 1.29 is 13.2 Å². The number of anilines is 1. The van der Waals surface area contributed by atoms with E-state index < -0.39 is 17.4 Å². The van der Waals surface area contributed by atoms with Gasteiger partial charge in [-0.15, -0.1) is 10.2 Å². The monoisotopic (exact) mass is 398 g/mol. The fourth-order valence-corrected chi connectivity index (χ4v) is 3.95. The summed E-state index contributed by atoms with van der Waals surface area (Å²) >= 11 is 0. The number of aromatic nitrogens is 3. The van der Waals surface area contributed by atoms with Gasteiger partial charge in [0.1, 0.15) is 17.8 Å². The van der Waals surface area contributed by atoms with Crippen molar-refractivity contribution >= 4 is 5.82 Å². The van der Waals surface area contributed by atoms with E-state index in [-0.39, 0.29) is 18.7 Å². The molecule has 2 aromatic heterocycles. The van der Waals surface area contributed by atoms with Crippen molar-refractivity contribution in [2.24, 2.45) is 0 Å². The average Bonchev–Trinajstić information content (AvgIpc) is 2.71. The van der Waals surface area contributed by atoms with Gasteiger partial charge in [0, 0.05) is 30.3 Å². The first-order valence-electron chi connectivity index (χ1n) is 9.60. The summed E-state index contributed by atoms with van der Waals surface area (Å²) in [6.45, 7) is 2.98. The van der Waals surface area contributed by atoms with E-state index in [9.17, 15) is 13.2 Å². The summed E-state index contributed by atoms with van der Waals surface area (Å²) in [5, 5.41) is 8.55. The van der Waals surface area contributed by atoms with E-state index in [1.807, 2.05) is 24.0 Å². The van der Waals surface area contributed by atoms with Crippen LogP contribution in [0.5, 0.6) is 0 Å². The molecular weight excluding hydrogens is 377 g/mol. The average molecular weight is 398 g/mol. The van der Waals surface area contributed by atoms with Crippen LogP contribution in [0, 0.1) is 11.6 Å². The molecule has 1 aromatic carbocycles. The molecule has 3 aromatic rings. The maximum absolute atomic E-state index is 14.4. The Morgan fingerprint density at radius 3 is 2.38 bits per heavy atom. The molecule has 0 N–H and O–H groups in total. The molecule has 4 rings (SSSR count). The van der Waals surface area contributed by atoms with Crippen LogP contribution in [0.3, 0.4) is 0 Å². The fourth-order valence-electron chi connectivity index (χ4n) is 3.95. The number of pyridine rings is 1. The number of nitrogens with zero attached hydrogens (tertiary/aromatic N) is 4. The third-order valence-electron chi connectivity index (χ3n) is 5.47. The minimum absolute atomic E-state index is 0.235. The minimum Gasteiger partial charge on any atom is -0.354 e. The molecule has 0 radical (unpaired) electrons. The molecule has 0 atom stereocenters. The van der Waals surface area contributed by atoms with Gasteiger partial charge in [-0.25, -0.2) is 13.2 Å². The zero-order valence-corrected chi connectivity index (χ0v) is 16.0. The second kappa shape index (κ2) is 7.81. The van der Waals surface area contributed by atoms with E-state index in [1.54, 1.807) is 18.3 Å². The lowest BCUT2D eigenvalue weighted by atomic mass is 9.64. The molecule has 4 nitrogen and oxygen atoms in total. The van der Waals surface area contributed by atoms with E-state index >= 15 is 0 Å². The predicted octanol–water partition coefficient (Wildman–Crippen LogP) is 4.71. The molecule has 150 valence electrons. The van der Waals surface area contributed by atoms with Gasteiger partial charge in [0.05, 0.1) is 11.4 Å². The van der Waals surface area contributed by atoms with Crippen molar-refractivity contribution in [1.29, 1.82) is 0 Å².